The Bertz CT molecular complexity index is 810. The van der Waals surface area contributed by atoms with Crippen molar-refractivity contribution in [2.45, 2.75) is 6.92 Å². The molecule has 3 rings (SSSR count). The van der Waals surface area contributed by atoms with Crippen LogP contribution in [0.5, 0.6) is 0 Å². The van der Waals surface area contributed by atoms with E-state index in [-0.39, 0.29) is 10.6 Å². The van der Waals surface area contributed by atoms with Gasteiger partial charge in [-0.3, -0.25) is 9.59 Å². The van der Waals surface area contributed by atoms with E-state index in [1.165, 1.54) is 0 Å². The number of nitrogens with zero attached hydrogens (tertiary/aromatic N) is 1. The highest BCUT2D eigenvalue weighted by molar-refractivity contribution is 6.60. The molecule has 2 aromatic carbocycles. The van der Waals surface area contributed by atoms with Crippen LogP contribution in [0.3, 0.4) is 0 Å². The second-order valence-corrected chi connectivity index (χ2v) is 5.79. The Morgan fingerprint density at radius 1 is 0.909 bits per heavy atom. The molecule has 2 aromatic rings. The number of carbonyl (C=O) groups excluding carboxylic acids is 2. The number of hydrogen-bond acceptors (Lipinski definition) is 2. The van der Waals surface area contributed by atoms with Gasteiger partial charge in [-0.25, -0.2) is 4.90 Å². The average Bonchev–Trinajstić information content (AvgIpc) is 2.71. The highest BCUT2D eigenvalue weighted by Gasteiger charge is 2.39. The van der Waals surface area contributed by atoms with E-state index in [0.29, 0.717) is 16.3 Å². The number of aryl methyl sites for hydroxylation is 1. The van der Waals surface area contributed by atoms with E-state index in [0.717, 1.165) is 10.5 Å². The lowest BCUT2D eigenvalue weighted by molar-refractivity contribution is -0.119. The van der Waals surface area contributed by atoms with Crippen LogP contribution in [0.25, 0.3) is 5.57 Å². The monoisotopic (exact) mass is 331 g/mol. The van der Waals surface area contributed by atoms with Crippen molar-refractivity contribution in [3.8, 4) is 0 Å². The molecule has 5 heteroatoms. The third-order valence-corrected chi connectivity index (χ3v) is 4.02. The number of benzene rings is 2. The minimum Gasteiger partial charge on any atom is -0.268 e. The summed E-state index contributed by atoms with van der Waals surface area (Å²) in [5.41, 5.74) is 2.24. The molecule has 0 saturated carbocycles. The SMILES string of the molecule is Cc1cccc(N2C(=O)C(Cl)=C(c3ccc(Cl)cc3)C2=O)c1. The van der Waals surface area contributed by atoms with E-state index in [1.54, 1.807) is 42.5 Å². The lowest BCUT2D eigenvalue weighted by Gasteiger charge is -2.15. The molecule has 0 N–H and O–H groups in total. The summed E-state index contributed by atoms with van der Waals surface area (Å²) in [5.74, 6) is -0.940. The van der Waals surface area contributed by atoms with E-state index in [1.807, 2.05) is 13.0 Å². The van der Waals surface area contributed by atoms with Crippen molar-refractivity contribution < 1.29 is 9.59 Å². The molecular formula is C17H11Cl2NO2. The lowest BCUT2D eigenvalue weighted by atomic mass is 10.1. The largest absolute Gasteiger partial charge is 0.277 e. The normalized spacial score (nSPS) is 15.0. The van der Waals surface area contributed by atoms with Gasteiger partial charge in [0.2, 0.25) is 0 Å². The quantitative estimate of drug-likeness (QED) is 0.774. The minimum atomic E-state index is -0.512. The van der Waals surface area contributed by atoms with Crippen LogP contribution in [0.15, 0.2) is 53.6 Å². The molecule has 1 aliphatic rings. The van der Waals surface area contributed by atoms with Crippen molar-refractivity contribution in [2.75, 3.05) is 4.90 Å². The second-order valence-electron chi connectivity index (χ2n) is 4.98. The standard InChI is InChI=1S/C17H11Cl2NO2/c1-10-3-2-4-13(9-10)20-16(21)14(15(19)17(20)22)11-5-7-12(18)8-6-11/h2-9H,1H3. The molecule has 0 bridgehead atoms. The van der Waals surface area contributed by atoms with Crippen LogP contribution in [0.2, 0.25) is 5.02 Å². The Hall–Kier alpha value is -2.10. The first-order valence-electron chi connectivity index (χ1n) is 6.60. The van der Waals surface area contributed by atoms with Crippen molar-refractivity contribution in [3.05, 3.63) is 69.7 Å². The van der Waals surface area contributed by atoms with Crippen LogP contribution in [-0.4, -0.2) is 11.8 Å². The molecule has 0 saturated heterocycles. The van der Waals surface area contributed by atoms with Gasteiger partial charge in [-0.05, 0) is 42.3 Å². The topological polar surface area (TPSA) is 37.4 Å². The zero-order chi connectivity index (χ0) is 15.9. The van der Waals surface area contributed by atoms with Crippen molar-refractivity contribution >= 4 is 46.3 Å². The number of anilines is 1. The summed E-state index contributed by atoms with van der Waals surface area (Å²) < 4.78 is 0. The maximum atomic E-state index is 12.7. The summed E-state index contributed by atoms with van der Waals surface area (Å²) in [4.78, 5) is 26.1. The summed E-state index contributed by atoms with van der Waals surface area (Å²) in [7, 11) is 0. The fraction of sp³-hybridized carbons (Fsp3) is 0.0588. The molecule has 0 fully saturated rings. The van der Waals surface area contributed by atoms with Gasteiger partial charge in [0.15, 0.2) is 0 Å². The van der Waals surface area contributed by atoms with Gasteiger partial charge in [0.25, 0.3) is 11.8 Å². The molecular weight excluding hydrogens is 321 g/mol. The Morgan fingerprint density at radius 3 is 2.23 bits per heavy atom. The van der Waals surface area contributed by atoms with Gasteiger partial charge in [-0.1, -0.05) is 47.5 Å². The number of rotatable bonds is 2. The minimum absolute atomic E-state index is 0.0752. The van der Waals surface area contributed by atoms with Crippen LogP contribution in [0.1, 0.15) is 11.1 Å². The molecule has 1 aliphatic heterocycles. The zero-order valence-electron chi connectivity index (χ0n) is 11.6. The number of halogens is 2. The van der Waals surface area contributed by atoms with Crippen LogP contribution < -0.4 is 4.90 Å². The van der Waals surface area contributed by atoms with Crippen molar-refractivity contribution in [1.82, 2.24) is 0 Å². The molecule has 0 aliphatic carbocycles. The van der Waals surface area contributed by atoms with Gasteiger partial charge in [0.1, 0.15) is 5.03 Å². The van der Waals surface area contributed by atoms with Crippen LogP contribution in [0.4, 0.5) is 5.69 Å². The predicted molar refractivity (Wildman–Crippen MR) is 87.9 cm³/mol. The van der Waals surface area contributed by atoms with Gasteiger partial charge in [0.05, 0.1) is 11.3 Å². The molecule has 0 radical (unpaired) electrons. The molecule has 2 amide bonds. The van der Waals surface area contributed by atoms with Gasteiger partial charge in [-0.2, -0.15) is 0 Å². The first-order chi connectivity index (χ1) is 10.5. The van der Waals surface area contributed by atoms with Gasteiger partial charge in [0, 0.05) is 5.02 Å². The third-order valence-electron chi connectivity index (χ3n) is 3.42. The smallest absolute Gasteiger partial charge is 0.268 e. The van der Waals surface area contributed by atoms with Crippen LogP contribution >= 0.6 is 23.2 Å². The lowest BCUT2D eigenvalue weighted by Crippen LogP contribution is -2.31. The number of imide groups is 1. The van der Waals surface area contributed by atoms with Crippen molar-refractivity contribution in [3.63, 3.8) is 0 Å². The zero-order valence-corrected chi connectivity index (χ0v) is 13.2. The number of hydrogen-bond donors (Lipinski definition) is 0. The molecule has 1 heterocycles. The highest BCUT2D eigenvalue weighted by Crippen LogP contribution is 2.35. The van der Waals surface area contributed by atoms with Gasteiger partial charge < -0.3 is 0 Å². The average molecular weight is 332 g/mol. The van der Waals surface area contributed by atoms with Crippen LogP contribution in [-0.2, 0) is 9.59 Å². The van der Waals surface area contributed by atoms with E-state index >= 15 is 0 Å². The summed E-state index contributed by atoms with van der Waals surface area (Å²) >= 11 is 12.0. The summed E-state index contributed by atoms with van der Waals surface area (Å²) in [6.45, 7) is 1.89. The Kier molecular flexibility index (Phi) is 3.77. The number of amides is 2. The van der Waals surface area contributed by atoms with E-state index < -0.39 is 11.8 Å². The van der Waals surface area contributed by atoms with E-state index in [9.17, 15) is 9.59 Å². The molecule has 0 aromatic heterocycles. The van der Waals surface area contributed by atoms with Crippen molar-refractivity contribution in [1.29, 1.82) is 0 Å². The van der Waals surface area contributed by atoms with Crippen molar-refractivity contribution in [2.24, 2.45) is 0 Å². The Morgan fingerprint density at radius 2 is 1.59 bits per heavy atom. The third kappa shape index (κ3) is 2.43. The Balaban J connectivity index is 2.05. The first-order valence-corrected chi connectivity index (χ1v) is 7.36. The molecule has 0 spiro atoms. The van der Waals surface area contributed by atoms with E-state index in [2.05, 4.69) is 0 Å². The molecule has 3 nitrogen and oxygen atoms in total. The first kappa shape index (κ1) is 14.8. The fourth-order valence-electron chi connectivity index (χ4n) is 2.37. The molecule has 0 atom stereocenters. The van der Waals surface area contributed by atoms with Crippen LogP contribution in [0, 0.1) is 6.92 Å². The maximum Gasteiger partial charge on any atom is 0.277 e. The Labute approximate surface area is 137 Å². The molecule has 110 valence electrons. The number of carbonyl (C=O) groups is 2. The molecule has 0 unspecified atom stereocenters. The second kappa shape index (κ2) is 5.59. The van der Waals surface area contributed by atoms with Gasteiger partial charge in [-0.15, -0.1) is 0 Å². The summed E-state index contributed by atoms with van der Waals surface area (Å²) in [6, 6.07) is 13.8. The van der Waals surface area contributed by atoms with E-state index in [4.69, 9.17) is 23.2 Å². The fourth-order valence-corrected chi connectivity index (χ4v) is 2.77. The van der Waals surface area contributed by atoms with Gasteiger partial charge >= 0.3 is 0 Å². The maximum absolute atomic E-state index is 12.7. The highest BCUT2D eigenvalue weighted by atomic mass is 35.5. The summed E-state index contributed by atoms with van der Waals surface area (Å²) in [6.07, 6.45) is 0. The summed E-state index contributed by atoms with van der Waals surface area (Å²) in [5, 5.41) is 0.474. The predicted octanol–water partition coefficient (Wildman–Crippen LogP) is 4.17. The molecule has 22 heavy (non-hydrogen) atoms.